The third-order valence-electron chi connectivity index (χ3n) is 4.19. The molecule has 0 aromatic heterocycles. The van der Waals surface area contributed by atoms with Gasteiger partial charge in [-0.1, -0.05) is 15.9 Å². The van der Waals surface area contributed by atoms with Crippen molar-refractivity contribution in [2.75, 3.05) is 31.6 Å². The molecule has 3 rings (SSSR count). The molecule has 0 radical (unpaired) electrons. The highest BCUT2D eigenvalue weighted by atomic mass is 79.9. The van der Waals surface area contributed by atoms with Crippen LogP contribution in [0.1, 0.15) is 23.2 Å². The summed E-state index contributed by atoms with van der Waals surface area (Å²) in [6, 6.07) is 5.72. The van der Waals surface area contributed by atoms with Gasteiger partial charge in [-0.15, -0.1) is 0 Å². The van der Waals surface area contributed by atoms with E-state index in [-0.39, 0.29) is 11.7 Å². The first kappa shape index (κ1) is 14.8. The topological polar surface area (TPSA) is 61.8 Å². The van der Waals surface area contributed by atoms with Crippen LogP contribution < -0.4 is 5.32 Å². The van der Waals surface area contributed by atoms with E-state index in [0.717, 1.165) is 24.2 Å². The molecule has 2 unspecified atom stereocenters. The van der Waals surface area contributed by atoms with Gasteiger partial charge in [0, 0.05) is 29.3 Å². The van der Waals surface area contributed by atoms with Gasteiger partial charge >= 0.3 is 5.97 Å². The summed E-state index contributed by atoms with van der Waals surface area (Å²) in [5.74, 6) is -0.922. The second kappa shape index (κ2) is 6.34. The van der Waals surface area contributed by atoms with Crippen molar-refractivity contribution in [1.29, 1.82) is 0 Å². The lowest BCUT2D eigenvalue weighted by atomic mass is 10.1. The Hall–Kier alpha value is -1.11. The van der Waals surface area contributed by atoms with Gasteiger partial charge in [0.05, 0.1) is 18.3 Å². The summed E-state index contributed by atoms with van der Waals surface area (Å²) >= 11 is 3.38. The fourth-order valence-electron chi connectivity index (χ4n) is 3.08. The third-order valence-corrected chi connectivity index (χ3v) is 4.69. The van der Waals surface area contributed by atoms with Gasteiger partial charge in [-0.3, -0.25) is 4.90 Å². The SMILES string of the molecule is O=C(O)c1ccc(Br)cc1NCC1CN2CCCC2CO1. The summed E-state index contributed by atoms with van der Waals surface area (Å²) in [6.45, 7) is 3.49. The predicted molar refractivity (Wildman–Crippen MR) is 83.9 cm³/mol. The standard InChI is InChI=1S/C15H19BrN2O3/c16-10-3-4-13(15(19)20)14(6-10)17-7-12-8-18-5-1-2-11(18)9-21-12/h3-4,6,11-12,17H,1-2,5,7-9H2,(H,19,20). The summed E-state index contributed by atoms with van der Waals surface area (Å²) < 4.78 is 6.74. The highest BCUT2D eigenvalue weighted by Gasteiger charge is 2.32. The number of carboxylic acids is 1. The number of carbonyl (C=O) groups is 1. The van der Waals surface area contributed by atoms with Crippen molar-refractivity contribution in [3.63, 3.8) is 0 Å². The van der Waals surface area contributed by atoms with E-state index in [4.69, 9.17) is 4.74 Å². The number of rotatable bonds is 4. The van der Waals surface area contributed by atoms with E-state index in [1.54, 1.807) is 18.2 Å². The van der Waals surface area contributed by atoms with Gasteiger partial charge in [0.2, 0.25) is 0 Å². The molecule has 0 bridgehead atoms. The van der Waals surface area contributed by atoms with Gasteiger partial charge in [-0.25, -0.2) is 4.79 Å². The van der Waals surface area contributed by atoms with Crippen LogP contribution in [0.2, 0.25) is 0 Å². The Balaban J connectivity index is 1.62. The monoisotopic (exact) mass is 354 g/mol. The smallest absolute Gasteiger partial charge is 0.337 e. The molecule has 2 heterocycles. The average molecular weight is 355 g/mol. The number of nitrogens with one attached hydrogen (secondary N) is 1. The summed E-state index contributed by atoms with van der Waals surface area (Å²) in [7, 11) is 0. The normalized spacial score (nSPS) is 25.6. The van der Waals surface area contributed by atoms with Crippen LogP contribution in [0.4, 0.5) is 5.69 Å². The van der Waals surface area contributed by atoms with E-state index in [2.05, 4.69) is 26.1 Å². The number of carboxylic acid groups (broad SMARTS) is 1. The van der Waals surface area contributed by atoms with Gasteiger partial charge in [-0.05, 0) is 37.6 Å². The molecule has 0 saturated carbocycles. The Kier molecular flexibility index (Phi) is 4.47. The molecule has 114 valence electrons. The number of hydrogen-bond donors (Lipinski definition) is 2. The van der Waals surface area contributed by atoms with Gasteiger partial charge < -0.3 is 15.2 Å². The molecular formula is C15H19BrN2O3. The fraction of sp³-hybridized carbons (Fsp3) is 0.533. The first-order valence-corrected chi connectivity index (χ1v) is 8.05. The van der Waals surface area contributed by atoms with Crippen molar-refractivity contribution in [2.24, 2.45) is 0 Å². The van der Waals surface area contributed by atoms with Crippen LogP contribution in [-0.2, 0) is 4.74 Å². The highest BCUT2D eigenvalue weighted by Crippen LogP contribution is 2.24. The van der Waals surface area contributed by atoms with Crippen molar-refractivity contribution in [3.8, 4) is 0 Å². The molecule has 2 aliphatic rings. The van der Waals surface area contributed by atoms with Gasteiger partial charge in [0.15, 0.2) is 0 Å². The number of halogens is 1. The minimum atomic E-state index is -0.922. The summed E-state index contributed by atoms with van der Waals surface area (Å²) in [6.07, 6.45) is 2.60. The largest absolute Gasteiger partial charge is 0.478 e. The zero-order valence-corrected chi connectivity index (χ0v) is 13.3. The number of nitrogens with zero attached hydrogens (tertiary/aromatic N) is 1. The van der Waals surface area contributed by atoms with Gasteiger partial charge in [0.25, 0.3) is 0 Å². The van der Waals surface area contributed by atoms with Crippen LogP contribution in [0.5, 0.6) is 0 Å². The lowest BCUT2D eigenvalue weighted by Gasteiger charge is -2.35. The number of hydrogen-bond acceptors (Lipinski definition) is 4. The molecule has 5 nitrogen and oxygen atoms in total. The van der Waals surface area contributed by atoms with E-state index >= 15 is 0 Å². The van der Waals surface area contributed by atoms with Crippen LogP contribution in [0.3, 0.4) is 0 Å². The van der Waals surface area contributed by atoms with E-state index in [1.807, 2.05) is 0 Å². The van der Waals surface area contributed by atoms with Crippen molar-refractivity contribution < 1.29 is 14.6 Å². The molecule has 0 amide bonds. The molecule has 2 atom stereocenters. The molecule has 2 fully saturated rings. The van der Waals surface area contributed by atoms with Gasteiger partial charge in [-0.2, -0.15) is 0 Å². The number of anilines is 1. The molecule has 0 spiro atoms. The molecule has 1 aromatic rings. The minimum Gasteiger partial charge on any atom is -0.478 e. The molecule has 2 N–H and O–H groups in total. The lowest BCUT2D eigenvalue weighted by Crippen LogP contribution is -2.48. The Labute approximate surface area is 132 Å². The Morgan fingerprint density at radius 3 is 3.19 bits per heavy atom. The van der Waals surface area contributed by atoms with Crippen LogP contribution in [0.25, 0.3) is 0 Å². The molecule has 6 heteroatoms. The zero-order chi connectivity index (χ0) is 14.8. The lowest BCUT2D eigenvalue weighted by molar-refractivity contribution is -0.0415. The molecule has 0 aliphatic carbocycles. The molecule has 21 heavy (non-hydrogen) atoms. The van der Waals surface area contributed by atoms with Crippen molar-refractivity contribution in [1.82, 2.24) is 4.90 Å². The highest BCUT2D eigenvalue weighted by molar-refractivity contribution is 9.10. The van der Waals surface area contributed by atoms with Crippen LogP contribution in [-0.4, -0.2) is 54.4 Å². The Morgan fingerprint density at radius 1 is 1.52 bits per heavy atom. The second-order valence-electron chi connectivity index (χ2n) is 5.62. The third kappa shape index (κ3) is 3.39. The average Bonchev–Trinajstić information content (AvgIpc) is 2.92. The fourth-order valence-corrected chi connectivity index (χ4v) is 3.44. The molecular weight excluding hydrogens is 336 g/mol. The predicted octanol–water partition coefficient (Wildman–Crippen LogP) is 2.42. The minimum absolute atomic E-state index is 0.111. The second-order valence-corrected chi connectivity index (χ2v) is 6.54. The number of benzene rings is 1. The van der Waals surface area contributed by atoms with Crippen LogP contribution in [0, 0.1) is 0 Å². The quantitative estimate of drug-likeness (QED) is 0.869. The van der Waals surface area contributed by atoms with E-state index < -0.39 is 5.97 Å². The maximum Gasteiger partial charge on any atom is 0.337 e. The Morgan fingerprint density at radius 2 is 2.38 bits per heavy atom. The molecule has 1 aromatic carbocycles. The van der Waals surface area contributed by atoms with Crippen LogP contribution >= 0.6 is 15.9 Å². The first-order chi connectivity index (χ1) is 10.1. The van der Waals surface area contributed by atoms with E-state index in [1.165, 1.54) is 12.8 Å². The summed E-state index contributed by atoms with van der Waals surface area (Å²) in [4.78, 5) is 13.7. The van der Waals surface area contributed by atoms with Crippen LogP contribution in [0.15, 0.2) is 22.7 Å². The molecule has 2 aliphatic heterocycles. The zero-order valence-electron chi connectivity index (χ0n) is 11.7. The number of aromatic carboxylic acids is 1. The maximum absolute atomic E-state index is 11.2. The number of ether oxygens (including phenoxy) is 1. The number of morpholine rings is 1. The maximum atomic E-state index is 11.2. The van der Waals surface area contributed by atoms with E-state index in [0.29, 0.717) is 18.3 Å². The number of fused-ring (bicyclic) bond motifs is 1. The molecule has 2 saturated heterocycles. The van der Waals surface area contributed by atoms with Crippen molar-refractivity contribution in [3.05, 3.63) is 28.2 Å². The van der Waals surface area contributed by atoms with Gasteiger partial charge in [0.1, 0.15) is 0 Å². The van der Waals surface area contributed by atoms with Crippen molar-refractivity contribution in [2.45, 2.75) is 25.0 Å². The summed E-state index contributed by atoms with van der Waals surface area (Å²) in [5, 5.41) is 12.4. The Bertz CT molecular complexity index is 538. The first-order valence-electron chi connectivity index (χ1n) is 7.26. The van der Waals surface area contributed by atoms with Crippen molar-refractivity contribution >= 4 is 27.6 Å². The summed E-state index contributed by atoms with van der Waals surface area (Å²) in [5.41, 5.74) is 0.914. The van der Waals surface area contributed by atoms with E-state index in [9.17, 15) is 9.90 Å².